The highest BCUT2D eigenvalue weighted by Gasteiger charge is 2.40. The van der Waals surface area contributed by atoms with Crippen molar-refractivity contribution in [2.24, 2.45) is 0 Å². The molecule has 8 heteroatoms. The number of rotatable bonds is 3. The topological polar surface area (TPSA) is 82.7 Å². The number of benzene rings is 1. The van der Waals surface area contributed by atoms with E-state index in [4.69, 9.17) is 18.7 Å². The first-order valence-corrected chi connectivity index (χ1v) is 9.06. The molecule has 0 atom stereocenters. The second-order valence-corrected chi connectivity index (χ2v) is 6.74. The maximum Gasteiger partial charge on any atom is 0.263 e. The summed E-state index contributed by atoms with van der Waals surface area (Å²) in [6.07, 6.45) is 3.13. The van der Waals surface area contributed by atoms with E-state index in [1.165, 1.54) is 6.33 Å². The molecule has 2 fully saturated rings. The Balaban J connectivity index is 1.52. The van der Waals surface area contributed by atoms with Gasteiger partial charge in [-0.2, -0.15) is 4.98 Å². The number of aromatic nitrogens is 3. The lowest BCUT2D eigenvalue weighted by Crippen LogP contribution is -2.45. The smallest absolute Gasteiger partial charge is 0.263 e. The highest BCUT2D eigenvalue weighted by molar-refractivity contribution is 5.98. The maximum atomic E-state index is 5.83. The Bertz CT molecular complexity index is 957. The molecule has 0 unspecified atom stereocenters. The van der Waals surface area contributed by atoms with Crippen LogP contribution in [-0.2, 0) is 9.47 Å². The Morgan fingerprint density at radius 1 is 1.11 bits per heavy atom. The summed E-state index contributed by atoms with van der Waals surface area (Å²) >= 11 is 0. The van der Waals surface area contributed by atoms with Gasteiger partial charge in [-0.05, 0) is 12.1 Å². The molecule has 0 bridgehead atoms. The van der Waals surface area contributed by atoms with Crippen molar-refractivity contribution in [2.75, 3.05) is 38.3 Å². The van der Waals surface area contributed by atoms with E-state index in [0.29, 0.717) is 24.6 Å². The summed E-state index contributed by atoms with van der Waals surface area (Å²) in [5.74, 6) is 1.16. The fourth-order valence-corrected chi connectivity index (χ4v) is 3.82. The van der Waals surface area contributed by atoms with Crippen LogP contribution in [0.4, 0.5) is 5.82 Å². The van der Waals surface area contributed by atoms with Gasteiger partial charge in [-0.3, -0.25) is 0 Å². The number of anilines is 1. The Hall–Kier alpha value is -2.71. The first kappa shape index (κ1) is 16.5. The predicted octanol–water partition coefficient (Wildman–Crippen LogP) is 2.64. The molecule has 1 spiro atoms. The van der Waals surface area contributed by atoms with Crippen molar-refractivity contribution in [3.63, 3.8) is 0 Å². The van der Waals surface area contributed by atoms with Crippen LogP contribution in [0.25, 0.3) is 22.4 Å². The van der Waals surface area contributed by atoms with E-state index >= 15 is 0 Å². The minimum atomic E-state index is -0.424. The third-order valence-electron chi connectivity index (χ3n) is 5.23. The van der Waals surface area contributed by atoms with Gasteiger partial charge in [0, 0.05) is 31.5 Å². The van der Waals surface area contributed by atoms with Crippen molar-refractivity contribution in [3.05, 3.63) is 30.6 Å². The standard InChI is InChI=1S/C19H20N4O4/c1-24-14-4-2-3-13(11-14)16-15-17(20-12-21-18(15)27-22-16)23-7-5-19(6-8-23)25-9-10-26-19/h2-4,11-12H,5-10H2,1H3. The summed E-state index contributed by atoms with van der Waals surface area (Å²) < 4.78 is 22.5. The molecule has 3 aromatic rings. The number of nitrogens with zero attached hydrogens (tertiary/aromatic N) is 4. The second kappa shape index (κ2) is 6.47. The van der Waals surface area contributed by atoms with Crippen molar-refractivity contribution in [1.82, 2.24) is 15.1 Å². The van der Waals surface area contributed by atoms with E-state index in [9.17, 15) is 0 Å². The number of fused-ring (bicyclic) bond motifs is 1. The van der Waals surface area contributed by atoms with Crippen molar-refractivity contribution in [1.29, 1.82) is 0 Å². The average molecular weight is 368 g/mol. The molecular formula is C19H20N4O4. The molecule has 5 rings (SSSR count). The predicted molar refractivity (Wildman–Crippen MR) is 97.7 cm³/mol. The molecule has 1 aromatic carbocycles. The van der Waals surface area contributed by atoms with Crippen molar-refractivity contribution >= 4 is 16.9 Å². The van der Waals surface area contributed by atoms with E-state index in [-0.39, 0.29) is 0 Å². The Kier molecular flexibility index (Phi) is 3.95. The lowest BCUT2D eigenvalue weighted by Gasteiger charge is -2.38. The fraction of sp³-hybridized carbons (Fsp3) is 0.421. The van der Waals surface area contributed by atoms with E-state index in [1.54, 1.807) is 7.11 Å². The Morgan fingerprint density at radius 2 is 1.93 bits per heavy atom. The number of hydrogen-bond acceptors (Lipinski definition) is 8. The second-order valence-electron chi connectivity index (χ2n) is 6.74. The lowest BCUT2D eigenvalue weighted by atomic mass is 10.0. The molecule has 0 radical (unpaired) electrons. The van der Waals surface area contributed by atoms with Gasteiger partial charge in [-0.1, -0.05) is 17.3 Å². The molecule has 2 saturated heterocycles. The third kappa shape index (κ3) is 2.81. The molecule has 2 aromatic heterocycles. The van der Waals surface area contributed by atoms with Gasteiger partial charge >= 0.3 is 0 Å². The quantitative estimate of drug-likeness (QED) is 0.698. The molecule has 8 nitrogen and oxygen atoms in total. The molecule has 27 heavy (non-hydrogen) atoms. The van der Waals surface area contributed by atoms with Crippen LogP contribution in [0.1, 0.15) is 12.8 Å². The van der Waals surface area contributed by atoms with Crippen LogP contribution in [0.5, 0.6) is 5.75 Å². The summed E-state index contributed by atoms with van der Waals surface area (Å²) in [6, 6.07) is 7.73. The van der Waals surface area contributed by atoms with Gasteiger partial charge in [0.15, 0.2) is 5.79 Å². The SMILES string of the molecule is COc1cccc(-c2noc3ncnc(N4CCC5(CC4)OCCO5)c23)c1. The molecular weight excluding hydrogens is 348 g/mol. The molecule has 2 aliphatic rings. The highest BCUT2D eigenvalue weighted by atomic mass is 16.7. The van der Waals surface area contributed by atoms with Gasteiger partial charge in [0.25, 0.3) is 5.71 Å². The first-order chi connectivity index (χ1) is 13.3. The summed E-state index contributed by atoms with van der Waals surface area (Å²) in [5.41, 5.74) is 2.10. The largest absolute Gasteiger partial charge is 0.497 e. The van der Waals surface area contributed by atoms with Crippen LogP contribution in [0.3, 0.4) is 0 Å². The molecule has 0 saturated carbocycles. The van der Waals surface area contributed by atoms with E-state index in [1.807, 2.05) is 24.3 Å². The number of piperidine rings is 1. The average Bonchev–Trinajstić information content (AvgIpc) is 3.36. The molecule has 4 heterocycles. The molecule has 2 aliphatic heterocycles. The Labute approximate surface area is 156 Å². The van der Waals surface area contributed by atoms with E-state index in [0.717, 1.165) is 48.4 Å². The number of methoxy groups -OCH3 is 1. The van der Waals surface area contributed by atoms with Crippen LogP contribution in [0.15, 0.2) is 35.1 Å². The van der Waals surface area contributed by atoms with E-state index < -0.39 is 5.79 Å². The van der Waals surface area contributed by atoms with Crippen LogP contribution >= 0.6 is 0 Å². The molecule has 0 N–H and O–H groups in total. The van der Waals surface area contributed by atoms with Gasteiger partial charge in [-0.15, -0.1) is 0 Å². The summed E-state index contributed by atoms with van der Waals surface area (Å²) in [5, 5.41) is 5.07. The monoisotopic (exact) mass is 368 g/mol. The zero-order valence-electron chi connectivity index (χ0n) is 15.1. The maximum absolute atomic E-state index is 5.83. The number of ether oxygens (including phenoxy) is 3. The normalized spacial score (nSPS) is 19.1. The highest BCUT2D eigenvalue weighted by Crippen LogP contribution is 2.38. The minimum absolute atomic E-state index is 0.424. The zero-order valence-corrected chi connectivity index (χ0v) is 15.1. The minimum Gasteiger partial charge on any atom is -0.497 e. The van der Waals surface area contributed by atoms with Crippen LogP contribution in [-0.4, -0.2) is 54.3 Å². The van der Waals surface area contributed by atoms with E-state index in [2.05, 4.69) is 20.0 Å². The summed E-state index contributed by atoms with van der Waals surface area (Å²) in [6.45, 7) is 2.91. The fourth-order valence-electron chi connectivity index (χ4n) is 3.82. The number of hydrogen-bond donors (Lipinski definition) is 0. The molecule has 140 valence electrons. The molecule has 0 aliphatic carbocycles. The van der Waals surface area contributed by atoms with Crippen molar-refractivity contribution in [3.8, 4) is 17.0 Å². The van der Waals surface area contributed by atoms with Crippen molar-refractivity contribution < 1.29 is 18.7 Å². The van der Waals surface area contributed by atoms with Crippen molar-refractivity contribution in [2.45, 2.75) is 18.6 Å². The lowest BCUT2D eigenvalue weighted by molar-refractivity contribution is -0.169. The Morgan fingerprint density at radius 3 is 2.70 bits per heavy atom. The first-order valence-electron chi connectivity index (χ1n) is 9.06. The van der Waals surface area contributed by atoms with Crippen LogP contribution in [0, 0.1) is 0 Å². The van der Waals surface area contributed by atoms with Crippen LogP contribution in [0.2, 0.25) is 0 Å². The van der Waals surface area contributed by atoms with Gasteiger partial charge in [0.2, 0.25) is 0 Å². The summed E-state index contributed by atoms with van der Waals surface area (Å²) in [7, 11) is 1.64. The van der Waals surface area contributed by atoms with Gasteiger partial charge in [0.1, 0.15) is 29.0 Å². The molecule has 0 amide bonds. The third-order valence-corrected chi connectivity index (χ3v) is 5.23. The zero-order chi connectivity index (χ0) is 18.3. The van der Waals surface area contributed by atoms with Gasteiger partial charge in [-0.25, -0.2) is 4.98 Å². The van der Waals surface area contributed by atoms with Gasteiger partial charge < -0.3 is 23.6 Å². The summed E-state index contributed by atoms with van der Waals surface area (Å²) in [4.78, 5) is 11.0. The van der Waals surface area contributed by atoms with Gasteiger partial charge in [0.05, 0.1) is 20.3 Å². The van der Waals surface area contributed by atoms with Crippen LogP contribution < -0.4 is 9.64 Å².